The van der Waals surface area contributed by atoms with Crippen molar-refractivity contribution in [1.29, 1.82) is 5.41 Å². The summed E-state index contributed by atoms with van der Waals surface area (Å²) in [5.41, 5.74) is 2.10. The van der Waals surface area contributed by atoms with Crippen LogP contribution >= 0.6 is 0 Å². The third-order valence-corrected chi connectivity index (χ3v) is 6.85. The normalized spacial score (nSPS) is 22.7. The van der Waals surface area contributed by atoms with Crippen LogP contribution in [0.1, 0.15) is 61.9 Å². The number of nitrogens with one attached hydrogen (secondary N) is 2. The number of carbonyl (C=O) groups is 2. The van der Waals surface area contributed by atoms with Crippen LogP contribution in [0.5, 0.6) is 0 Å². The van der Waals surface area contributed by atoms with Crippen LogP contribution in [0.25, 0.3) is 5.57 Å². The van der Waals surface area contributed by atoms with Crippen LogP contribution in [0.2, 0.25) is 0 Å². The third-order valence-electron chi connectivity index (χ3n) is 6.85. The van der Waals surface area contributed by atoms with Crippen molar-refractivity contribution in [3.05, 3.63) is 59.4 Å². The van der Waals surface area contributed by atoms with Gasteiger partial charge in [0.05, 0.1) is 18.5 Å². The molecule has 0 radical (unpaired) electrons. The van der Waals surface area contributed by atoms with Gasteiger partial charge < -0.3 is 24.9 Å². The number of fused-ring (bicyclic) bond motifs is 1. The number of ether oxygens (including phenoxy) is 1. The Hall–Kier alpha value is -3.33. The molecule has 1 aliphatic carbocycles. The molecule has 3 fully saturated rings. The van der Waals surface area contributed by atoms with Gasteiger partial charge in [-0.05, 0) is 72.1 Å². The SMILES string of the molecule is CC(C)(C)CC1OC2CN(C(=O)c3cnc(/C(=C\C(=N)c4ccc(F)cc4)C4CC4)[nH]3)CCN2C1=O. The van der Waals surface area contributed by atoms with E-state index in [9.17, 15) is 14.0 Å². The average molecular weight is 494 g/mol. The molecule has 9 heteroatoms. The van der Waals surface area contributed by atoms with Gasteiger partial charge in [0.1, 0.15) is 23.4 Å². The van der Waals surface area contributed by atoms with Crippen LogP contribution in [0.15, 0.2) is 36.5 Å². The lowest BCUT2D eigenvalue weighted by Crippen LogP contribution is -2.53. The summed E-state index contributed by atoms with van der Waals surface area (Å²) >= 11 is 0. The van der Waals surface area contributed by atoms with E-state index in [1.165, 1.54) is 18.3 Å². The van der Waals surface area contributed by atoms with E-state index in [0.717, 1.165) is 18.4 Å². The molecule has 2 atom stereocenters. The molecule has 1 aromatic carbocycles. The van der Waals surface area contributed by atoms with Gasteiger partial charge in [0.15, 0.2) is 6.23 Å². The van der Waals surface area contributed by atoms with Crippen LogP contribution in [-0.2, 0) is 9.53 Å². The zero-order valence-corrected chi connectivity index (χ0v) is 20.9. The van der Waals surface area contributed by atoms with Gasteiger partial charge in [-0.25, -0.2) is 9.37 Å². The average Bonchev–Trinajstić information content (AvgIpc) is 3.48. The second-order valence-electron chi connectivity index (χ2n) is 11.1. The first-order chi connectivity index (χ1) is 17.1. The number of piperazine rings is 1. The zero-order valence-electron chi connectivity index (χ0n) is 20.9. The standard InChI is InChI=1S/C27H32FN5O3/c1-27(2,3)13-22-26(35)33-11-10-32(15-23(33)36-22)25(34)21-14-30-24(31-21)19(16-4-5-16)12-20(29)17-6-8-18(28)9-7-17/h6-9,12,14,16,22-23,29H,4-5,10-11,13,15H2,1-3H3,(H,30,31)/b19-12-,29-20?. The van der Waals surface area contributed by atoms with Gasteiger partial charge in [-0.15, -0.1) is 0 Å². The van der Waals surface area contributed by atoms with E-state index in [2.05, 4.69) is 30.7 Å². The predicted molar refractivity (Wildman–Crippen MR) is 133 cm³/mol. The molecule has 5 rings (SSSR count). The summed E-state index contributed by atoms with van der Waals surface area (Å²) in [7, 11) is 0. The van der Waals surface area contributed by atoms with Crippen molar-refractivity contribution in [1.82, 2.24) is 19.8 Å². The second-order valence-corrected chi connectivity index (χ2v) is 11.1. The topological polar surface area (TPSA) is 102 Å². The van der Waals surface area contributed by atoms with Gasteiger partial charge in [-0.2, -0.15) is 0 Å². The highest BCUT2D eigenvalue weighted by Gasteiger charge is 2.45. The largest absolute Gasteiger partial charge is 0.343 e. The highest BCUT2D eigenvalue weighted by atomic mass is 19.1. The number of rotatable bonds is 6. The second kappa shape index (κ2) is 9.28. The molecule has 2 saturated heterocycles. The van der Waals surface area contributed by atoms with Crippen LogP contribution in [0.4, 0.5) is 4.39 Å². The molecule has 2 unspecified atom stereocenters. The van der Waals surface area contributed by atoms with Gasteiger partial charge in [0.2, 0.25) is 0 Å². The molecular formula is C27H32FN5O3. The number of hydrogen-bond donors (Lipinski definition) is 2. The van der Waals surface area contributed by atoms with Crippen molar-refractivity contribution in [3.8, 4) is 0 Å². The molecule has 36 heavy (non-hydrogen) atoms. The number of halogens is 1. The molecule has 2 amide bonds. The van der Waals surface area contributed by atoms with E-state index in [0.29, 0.717) is 43.1 Å². The Morgan fingerprint density at radius 2 is 1.97 bits per heavy atom. The van der Waals surface area contributed by atoms with Gasteiger partial charge in [-0.3, -0.25) is 9.59 Å². The minimum Gasteiger partial charge on any atom is -0.343 e. The van der Waals surface area contributed by atoms with E-state index in [1.807, 2.05) is 0 Å². The smallest absolute Gasteiger partial charge is 0.272 e. The van der Waals surface area contributed by atoms with Crippen molar-refractivity contribution in [2.45, 2.75) is 52.4 Å². The Morgan fingerprint density at radius 1 is 1.25 bits per heavy atom. The molecule has 2 N–H and O–H groups in total. The Balaban J connectivity index is 1.28. The van der Waals surface area contributed by atoms with E-state index in [1.54, 1.807) is 28.0 Å². The minimum atomic E-state index is -0.466. The molecule has 1 aromatic heterocycles. The summed E-state index contributed by atoms with van der Waals surface area (Å²) in [6, 6.07) is 5.84. The number of amides is 2. The molecular weight excluding hydrogens is 461 g/mol. The van der Waals surface area contributed by atoms with Gasteiger partial charge in [0.25, 0.3) is 11.8 Å². The van der Waals surface area contributed by atoms with E-state index < -0.39 is 12.3 Å². The number of carbonyl (C=O) groups excluding carboxylic acids is 2. The number of aromatic amines is 1. The Morgan fingerprint density at radius 3 is 2.64 bits per heavy atom. The van der Waals surface area contributed by atoms with E-state index in [-0.39, 0.29) is 34.7 Å². The van der Waals surface area contributed by atoms with Crippen molar-refractivity contribution in [3.63, 3.8) is 0 Å². The van der Waals surface area contributed by atoms with Crippen LogP contribution in [-0.4, -0.2) is 69.3 Å². The monoisotopic (exact) mass is 493 g/mol. The lowest BCUT2D eigenvalue weighted by molar-refractivity contribution is -0.132. The number of benzene rings is 1. The Bertz CT molecular complexity index is 1210. The molecule has 8 nitrogen and oxygen atoms in total. The maximum absolute atomic E-state index is 13.3. The molecule has 3 aliphatic rings. The first-order valence-electron chi connectivity index (χ1n) is 12.5. The molecule has 0 bridgehead atoms. The molecule has 2 aliphatic heterocycles. The lowest BCUT2D eigenvalue weighted by atomic mass is 9.89. The van der Waals surface area contributed by atoms with Gasteiger partial charge >= 0.3 is 0 Å². The zero-order chi connectivity index (χ0) is 25.6. The summed E-state index contributed by atoms with van der Waals surface area (Å²) in [5.74, 6) is 0.330. The summed E-state index contributed by atoms with van der Waals surface area (Å²) < 4.78 is 19.3. The number of nitrogens with zero attached hydrogens (tertiary/aromatic N) is 3. The summed E-state index contributed by atoms with van der Waals surface area (Å²) in [5, 5.41) is 8.45. The first kappa shape index (κ1) is 24.4. The Labute approximate surface area is 210 Å². The van der Waals surface area contributed by atoms with Crippen LogP contribution in [0.3, 0.4) is 0 Å². The number of hydrogen-bond acceptors (Lipinski definition) is 5. The van der Waals surface area contributed by atoms with Crippen LogP contribution in [0, 0.1) is 22.6 Å². The van der Waals surface area contributed by atoms with Crippen molar-refractivity contribution in [2.75, 3.05) is 19.6 Å². The summed E-state index contributed by atoms with van der Waals surface area (Å²) in [4.78, 5) is 37.1. The predicted octanol–water partition coefficient (Wildman–Crippen LogP) is 3.86. The van der Waals surface area contributed by atoms with Crippen molar-refractivity contribution in [2.24, 2.45) is 11.3 Å². The molecule has 190 valence electrons. The minimum absolute atomic E-state index is 0.00802. The third kappa shape index (κ3) is 5.11. The fourth-order valence-electron chi connectivity index (χ4n) is 4.82. The van der Waals surface area contributed by atoms with Gasteiger partial charge in [-0.1, -0.05) is 20.8 Å². The van der Waals surface area contributed by atoms with E-state index >= 15 is 0 Å². The number of imidazole rings is 1. The fourth-order valence-corrected chi connectivity index (χ4v) is 4.82. The number of aromatic nitrogens is 2. The molecule has 3 heterocycles. The highest BCUT2D eigenvalue weighted by Crippen LogP contribution is 2.41. The fraction of sp³-hybridized carbons (Fsp3) is 0.481. The first-order valence-corrected chi connectivity index (χ1v) is 12.5. The van der Waals surface area contributed by atoms with Crippen LogP contribution < -0.4 is 0 Å². The quantitative estimate of drug-likeness (QED) is 0.597. The van der Waals surface area contributed by atoms with Crippen molar-refractivity contribution < 1.29 is 18.7 Å². The van der Waals surface area contributed by atoms with Crippen molar-refractivity contribution >= 4 is 23.1 Å². The number of allylic oxidation sites excluding steroid dienone is 2. The highest BCUT2D eigenvalue weighted by molar-refractivity contribution is 6.10. The van der Waals surface area contributed by atoms with E-state index in [4.69, 9.17) is 10.1 Å². The van der Waals surface area contributed by atoms with Gasteiger partial charge in [0, 0.05) is 13.1 Å². The molecule has 1 saturated carbocycles. The molecule has 2 aromatic rings. The molecule has 0 spiro atoms. The Kier molecular flexibility index (Phi) is 6.28. The number of H-pyrrole nitrogens is 1. The maximum atomic E-state index is 13.3. The summed E-state index contributed by atoms with van der Waals surface area (Å²) in [6.07, 6.45) is 5.03. The summed E-state index contributed by atoms with van der Waals surface area (Å²) in [6.45, 7) is 7.44. The lowest BCUT2D eigenvalue weighted by Gasteiger charge is -2.35. The maximum Gasteiger partial charge on any atom is 0.272 e.